The first-order chi connectivity index (χ1) is 8.13. The van der Waals surface area contributed by atoms with E-state index in [4.69, 9.17) is 18.0 Å². The molecule has 0 radical (unpaired) electrons. The van der Waals surface area contributed by atoms with Crippen molar-refractivity contribution in [1.29, 1.82) is 0 Å². The topological polar surface area (TPSA) is 29.3 Å². The van der Waals surface area contributed by atoms with E-state index in [0.717, 1.165) is 31.6 Å². The molecule has 17 heavy (non-hydrogen) atoms. The molecule has 0 saturated carbocycles. The molecule has 0 aromatic heterocycles. The molecule has 2 nitrogen and oxygen atoms in total. The Balaban J connectivity index is 2.33. The van der Waals surface area contributed by atoms with Crippen LogP contribution in [0.5, 0.6) is 0 Å². The molecular weight excluding hydrogens is 235 g/mol. The summed E-state index contributed by atoms with van der Waals surface area (Å²) in [7, 11) is 0. The van der Waals surface area contributed by atoms with Crippen LogP contribution in [0.4, 0.5) is 10.1 Å². The molecule has 2 rings (SSSR count). The molecule has 0 aliphatic carbocycles. The largest absolute Gasteiger partial charge is 0.389 e. The number of hydrogen-bond donors (Lipinski definition) is 1. The Kier molecular flexibility index (Phi) is 3.62. The lowest BCUT2D eigenvalue weighted by Crippen LogP contribution is -2.24. The Hall–Kier alpha value is -1.16. The van der Waals surface area contributed by atoms with Crippen molar-refractivity contribution in [2.75, 3.05) is 18.0 Å². The second-order valence-corrected chi connectivity index (χ2v) is 4.95. The lowest BCUT2D eigenvalue weighted by Gasteiger charge is -2.22. The Labute approximate surface area is 107 Å². The summed E-state index contributed by atoms with van der Waals surface area (Å²) < 4.78 is 13.7. The molecule has 0 spiro atoms. The van der Waals surface area contributed by atoms with Crippen LogP contribution in [0.1, 0.15) is 25.3 Å². The number of benzene rings is 1. The molecule has 1 fully saturated rings. The third kappa shape index (κ3) is 2.41. The van der Waals surface area contributed by atoms with E-state index in [1.54, 1.807) is 6.07 Å². The lowest BCUT2D eigenvalue weighted by atomic mass is 10.1. The summed E-state index contributed by atoms with van der Waals surface area (Å²) in [5.74, 6) is 0.368. The summed E-state index contributed by atoms with van der Waals surface area (Å²) >= 11 is 4.94. The summed E-state index contributed by atoms with van der Waals surface area (Å²) in [4.78, 5) is 2.32. The van der Waals surface area contributed by atoms with E-state index in [2.05, 4.69) is 11.8 Å². The maximum absolute atomic E-state index is 13.7. The van der Waals surface area contributed by atoms with Crippen LogP contribution in [0, 0.1) is 11.7 Å². The van der Waals surface area contributed by atoms with Crippen molar-refractivity contribution in [1.82, 2.24) is 0 Å². The van der Waals surface area contributed by atoms with Gasteiger partial charge in [0, 0.05) is 18.8 Å². The normalized spacial score (nSPS) is 19.6. The molecule has 1 heterocycles. The molecule has 1 unspecified atom stereocenters. The van der Waals surface area contributed by atoms with Gasteiger partial charge in [0.05, 0.1) is 5.56 Å². The second-order valence-electron chi connectivity index (χ2n) is 4.51. The lowest BCUT2D eigenvalue weighted by molar-refractivity contribution is 0.569. The van der Waals surface area contributed by atoms with E-state index < -0.39 is 0 Å². The highest BCUT2D eigenvalue weighted by molar-refractivity contribution is 7.80. The molecule has 4 heteroatoms. The van der Waals surface area contributed by atoms with Crippen LogP contribution >= 0.6 is 12.2 Å². The third-order valence-electron chi connectivity index (χ3n) is 3.44. The van der Waals surface area contributed by atoms with Crippen LogP contribution in [0.25, 0.3) is 0 Å². The minimum Gasteiger partial charge on any atom is -0.389 e. The van der Waals surface area contributed by atoms with Gasteiger partial charge in [-0.25, -0.2) is 4.39 Å². The van der Waals surface area contributed by atoms with Crippen LogP contribution in [0.3, 0.4) is 0 Å². The standard InChI is InChI=1S/C13H17FN2S/c1-2-9-6-7-16(8-9)11-5-3-4-10(14)12(11)13(15)17/h3-5,9H,2,6-8H2,1H3,(H2,15,17). The molecule has 1 aromatic carbocycles. The van der Waals surface area contributed by atoms with Gasteiger partial charge < -0.3 is 10.6 Å². The fraction of sp³-hybridized carbons (Fsp3) is 0.462. The van der Waals surface area contributed by atoms with Crippen molar-refractivity contribution in [2.45, 2.75) is 19.8 Å². The summed E-state index contributed by atoms with van der Waals surface area (Å²) in [6.45, 7) is 4.11. The van der Waals surface area contributed by atoms with E-state index in [1.165, 1.54) is 6.07 Å². The highest BCUT2D eigenvalue weighted by atomic mass is 32.1. The smallest absolute Gasteiger partial charge is 0.135 e. The van der Waals surface area contributed by atoms with Crippen LogP contribution in [0.2, 0.25) is 0 Å². The summed E-state index contributed by atoms with van der Waals surface area (Å²) in [5.41, 5.74) is 6.84. The molecule has 1 aliphatic rings. The van der Waals surface area contributed by atoms with Gasteiger partial charge in [-0.1, -0.05) is 31.6 Å². The van der Waals surface area contributed by atoms with E-state index >= 15 is 0 Å². The molecule has 1 atom stereocenters. The zero-order chi connectivity index (χ0) is 12.4. The fourth-order valence-corrected chi connectivity index (χ4v) is 2.61. The zero-order valence-corrected chi connectivity index (χ0v) is 10.8. The van der Waals surface area contributed by atoms with Gasteiger partial charge in [-0.15, -0.1) is 0 Å². The number of nitrogens with zero attached hydrogens (tertiary/aromatic N) is 1. The van der Waals surface area contributed by atoms with Gasteiger partial charge in [0.2, 0.25) is 0 Å². The van der Waals surface area contributed by atoms with Gasteiger partial charge in [0.1, 0.15) is 10.8 Å². The van der Waals surface area contributed by atoms with Crippen LogP contribution in [-0.4, -0.2) is 18.1 Å². The van der Waals surface area contributed by atoms with Gasteiger partial charge in [0.15, 0.2) is 0 Å². The van der Waals surface area contributed by atoms with Crippen LogP contribution in [-0.2, 0) is 0 Å². The predicted molar refractivity (Wildman–Crippen MR) is 72.9 cm³/mol. The molecule has 1 aromatic rings. The van der Waals surface area contributed by atoms with Crippen LogP contribution < -0.4 is 10.6 Å². The maximum Gasteiger partial charge on any atom is 0.135 e. The highest BCUT2D eigenvalue weighted by Gasteiger charge is 2.24. The number of hydrogen-bond acceptors (Lipinski definition) is 2. The first kappa shape index (κ1) is 12.3. The van der Waals surface area contributed by atoms with Crippen molar-refractivity contribution in [3.63, 3.8) is 0 Å². The molecule has 0 bridgehead atoms. The van der Waals surface area contributed by atoms with E-state index in [1.807, 2.05) is 6.07 Å². The first-order valence-corrected chi connectivity index (χ1v) is 6.37. The monoisotopic (exact) mass is 252 g/mol. The highest BCUT2D eigenvalue weighted by Crippen LogP contribution is 2.29. The maximum atomic E-state index is 13.7. The van der Waals surface area contributed by atoms with Gasteiger partial charge in [-0.05, 0) is 24.5 Å². The summed E-state index contributed by atoms with van der Waals surface area (Å²) in [5, 5.41) is 0. The number of halogens is 1. The van der Waals surface area contributed by atoms with Gasteiger partial charge in [-0.2, -0.15) is 0 Å². The quantitative estimate of drug-likeness (QED) is 0.839. The Morgan fingerprint density at radius 3 is 2.94 bits per heavy atom. The zero-order valence-electron chi connectivity index (χ0n) is 9.95. The number of thiocarbonyl (C=S) groups is 1. The Morgan fingerprint density at radius 1 is 1.59 bits per heavy atom. The average molecular weight is 252 g/mol. The Bertz CT molecular complexity index is 433. The van der Waals surface area contributed by atoms with E-state index in [9.17, 15) is 4.39 Å². The van der Waals surface area contributed by atoms with Crippen molar-refractivity contribution < 1.29 is 4.39 Å². The second kappa shape index (κ2) is 5.00. The average Bonchev–Trinajstić information content (AvgIpc) is 2.76. The Morgan fingerprint density at radius 2 is 2.35 bits per heavy atom. The first-order valence-electron chi connectivity index (χ1n) is 5.96. The number of nitrogens with two attached hydrogens (primary N) is 1. The van der Waals surface area contributed by atoms with E-state index in [0.29, 0.717) is 11.5 Å². The predicted octanol–water partition coefficient (Wildman–Crippen LogP) is 2.70. The van der Waals surface area contributed by atoms with Gasteiger partial charge in [0.25, 0.3) is 0 Å². The third-order valence-corrected chi connectivity index (χ3v) is 3.65. The van der Waals surface area contributed by atoms with Gasteiger partial charge in [-0.3, -0.25) is 0 Å². The molecular formula is C13H17FN2S. The van der Waals surface area contributed by atoms with Crippen molar-refractivity contribution in [2.24, 2.45) is 11.7 Å². The minimum atomic E-state index is -0.324. The molecule has 1 saturated heterocycles. The molecule has 1 aliphatic heterocycles. The summed E-state index contributed by atoms with van der Waals surface area (Å²) in [6, 6.07) is 5.02. The fourth-order valence-electron chi connectivity index (χ4n) is 2.40. The van der Waals surface area contributed by atoms with Crippen molar-refractivity contribution >= 4 is 22.9 Å². The van der Waals surface area contributed by atoms with E-state index in [-0.39, 0.29) is 10.8 Å². The number of anilines is 1. The SMILES string of the molecule is CCC1CCN(c2cccc(F)c2C(N)=S)C1. The molecule has 0 amide bonds. The summed E-state index contributed by atoms with van der Waals surface area (Å²) in [6.07, 6.45) is 2.32. The van der Waals surface area contributed by atoms with Crippen molar-refractivity contribution in [3.8, 4) is 0 Å². The number of rotatable bonds is 3. The molecule has 2 N–H and O–H groups in total. The van der Waals surface area contributed by atoms with Crippen LogP contribution in [0.15, 0.2) is 18.2 Å². The van der Waals surface area contributed by atoms with Crippen molar-refractivity contribution in [3.05, 3.63) is 29.6 Å². The van der Waals surface area contributed by atoms with Gasteiger partial charge >= 0.3 is 0 Å². The molecule has 92 valence electrons. The minimum absolute atomic E-state index is 0.137.